The molecular formula is C8H7IN2OS. The first-order valence-electron chi connectivity index (χ1n) is 3.72. The summed E-state index contributed by atoms with van der Waals surface area (Å²) in [5, 5.41) is 6.03. The molecule has 0 fully saturated rings. The number of thiazole rings is 1. The van der Waals surface area contributed by atoms with Gasteiger partial charge < -0.3 is 9.73 Å². The van der Waals surface area contributed by atoms with Gasteiger partial charge in [-0.1, -0.05) is 0 Å². The van der Waals surface area contributed by atoms with E-state index in [0.29, 0.717) is 6.54 Å². The van der Waals surface area contributed by atoms with Crippen LogP contribution in [0.5, 0.6) is 0 Å². The smallest absolute Gasteiger partial charge is 0.182 e. The number of halogens is 1. The lowest BCUT2D eigenvalue weighted by Gasteiger charge is -1.97. The van der Waals surface area contributed by atoms with Crippen LogP contribution in [0.3, 0.4) is 0 Å². The van der Waals surface area contributed by atoms with Crippen LogP contribution in [0.4, 0.5) is 5.13 Å². The first-order valence-corrected chi connectivity index (χ1v) is 5.68. The molecule has 0 amide bonds. The second-order valence-corrected chi connectivity index (χ2v) is 4.35. The highest BCUT2D eigenvalue weighted by Gasteiger charge is 1.99. The molecule has 13 heavy (non-hydrogen) atoms. The third-order valence-corrected chi connectivity index (χ3v) is 2.79. The van der Waals surface area contributed by atoms with Gasteiger partial charge in [0.25, 0.3) is 0 Å². The summed E-state index contributed by atoms with van der Waals surface area (Å²) >= 11 is 3.73. The highest BCUT2D eigenvalue weighted by molar-refractivity contribution is 14.1. The van der Waals surface area contributed by atoms with Crippen molar-refractivity contribution in [3.05, 3.63) is 33.2 Å². The second kappa shape index (κ2) is 4.10. The maximum atomic E-state index is 5.38. The average Bonchev–Trinajstić information content (AvgIpc) is 2.71. The summed E-state index contributed by atoms with van der Waals surface area (Å²) in [5.74, 6) is 0.930. The van der Waals surface area contributed by atoms with E-state index in [4.69, 9.17) is 4.42 Å². The zero-order valence-electron chi connectivity index (χ0n) is 6.66. The van der Waals surface area contributed by atoms with E-state index in [-0.39, 0.29) is 0 Å². The van der Waals surface area contributed by atoms with Crippen molar-refractivity contribution in [1.82, 2.24) is 4.98 Å². The van der Waals surface area contributed by atoms with Gasteiger partial charge in [0, 0.05) is 11.6 Å². The zero-order valence-corrected chi connectivity index (χ0v) is 9.63. The predicted molar refractivity (Wildman–Crippen MR) is 60.9 cm³/mol. The monoisotopic (exact) mass is 306 g/mol. The fraction of sp³-hybridized carbons (Fsp3) is 0.125. The molecule has 2 rings (SSSR count). The number of hydrogen-bond acceptors (Lipinski definition) is 4. The number of aromatic nitrogens is 1. The van der Waals surface area contributed by atoms with Crippen LogP contribution in [0.15, 0.2) is 28.1 Å². The summed E-state index contributed by atoms with van der Waals surface area (Å²) in [7, 11) is 0. The molecule has 0 spiro atoms. The number of nitrogens with zero attached hydrogens (tertiary/aromatic N) is 1. The highest BCUT2D eigenvalue weighted by Crippen LogP contribution is 2.14. The molecule has 0 unspecified atom stereocenters. The third kappa shape index (κ3) is 2.44. The lowest BCUT2D eigenvalue weighted by atomic mass is 10.4. The van der Waals surface area contributed by atoms with Crippen LogP contribution in [-0.2, 0) is 6.54 Å². The molecular weight excluding hydrogens is 299 g/mol. The Morgan fingerprint density at radius 3 is 3.08 bits per heavy atom. The van der Waals surface area contributed by atoms with Gasteiger partial charge in [0.15, 0.2) is 8.90 Å². The number of anilines is 1. The Labute approximate surface area is 93.3 Å². The Hall–Kier alpha value is -0.560. The van der Waals surface area contributed by atoms with E-state index in [0.717, 1.165) is 14.7 Å². The van der Waals surface area contributed by atoms with Crippen LogP contribution < -0.4 is 5.32 Å². The largest absolute Gasteiger partial charge is 0.454 e. The summed E-state index contributed by atoms with van der Waals surface area (Å²) in [5.41, 5.74) is 0. The van der Waals surface area contributed by atoms with Crippen molar-refractivity contribution in [2.75, 3.05) is 5.32 Å². The molecule has 0 atom stereocenters. The molecule has 2 aromatic rings. The van der Waals surface area contributed by atoms with Crippen molar-refractivity contribution >= 4 is 39.1 Å². The molecule has 0 aromatic carbocycles. The van der Waals surface area contributed by atoms with Crippen LogP contribution in [0.1, 0.15) is 5.76 Å². The van der Waals surface area contributed by atoms with Crippen molar-refractivity contribution in [1.29, 1.82) is 0 Å². The van der Waals surface area contributed by atoms with Gasteiger partial charge in [-0.15, -0.1) is 11.3 Å². The molecule has 0 saturated carbocycles. The van der Waals surface area contributed by atoms with Crippen molar-refractivity contribution in [2.24, 2.45) is 0 Å². The average molecular weight is 306 g/mol. The fourth-order valence-electron chi connectivity index (χ4n) is 0.920. The standard InChI is InChI=1S/C8H7IN2OS/c9-7-2-1-6(12-7)5-11-8-10-3-4-13-8/h1-4H,5H2,(H,10,11). The van der Waals surface area contributed by atoms with Crippen LogP contribution in [0.25, 0.3) is 0 Å². The maximum Gasteiger partial charge on any atom is 0.182 e. The number of furan rings is 1. The van der Waals surface area contributed by atoms with E-state index < -0.39 is 0 Å². The maximum absolute atomic E-state index is 5.38. The molecule has 0 saturated heterocycles. The fourth-order valence-corrected chi connectivity index (χ4v) is 1.91. The summed E-state index contributed by atoms with van der Waals surface area (Å²) in [6.07, 6.45) is 1.78. The summed E-state index contributed by atoms with van der Waals surface area (Å²) in [4.78, 5) is 4.10. The van der Waals surface area contributed by atoms with Crippen molar-refractivity contribution in [2.45, 2.75) is 6.54 Å². The van der Waals surface area contributed by atoms with E-state index in [2.05, 4.69) is 32.9 Å². The van der Waals surface area contributed by atoms with E-state index >= 15 is 0 Å². The molecule has 0 radical (unpaired) electrons. The molecule has 1 N–H and O–H groups in total. The number of rotatable bonds is 3. The molecule has 0 aliphatic carbocycles. The number of nitrogens with one attached hydrogen (secondary N) is 1. The predicted octanol–water partition coefficient (Wildman–Crippen LogP) is 2.95. The number of hydrogen-bond donors (Lipinski definition) is 1. The van der Waals surface area contributed by atoms with E-state index in [1.165, 1.54) is 0 Å². The SMILES string of the molecule is Ic1ccc(CNc2nccs2)o1. The van der Waals surface area contributed by atoms with Gasteiger partial charge in [0.05, 0.1) is 6.54 Å². The summed E-state index contributed by atoms with van der Waals surface area (Å²) in [6, 6.07) is 3.90. The normalized spacial score (nSPS) is 10.2. The van der Waals surface area contributed by atoms with Crippen molar-refractivity contribution in [3.8, 4) is 0 Å². The minimum atomic E-state index is 0.691. The minimum Gasteiger partial charge on any atom is -0.454 e. The Balaban J connectivity index is 1.93. The van der Waals surface area contributed by atoms with Gasteiger partial charge in [-0.2, -0.15) is 0 Å². The van der Waals surface area contributed by atoms with Gasteiger partial charge in [0.2, 0.25) is 0 Å². The third-order valence-electron chi connectivity index (χ3n) is 1.48. The molecule has 68 valence electrons. The first-order chi connectivity index (χ1) is 6.34. The zero-order chi connectivity index (χ0) is 9.10. The van der Waals surface area contributed by atoms with Gasteiger partial charge >= 0.3 is 0 Å². The Kier molecular flexibility index (Phi) is 2.84. The van der Waals surface area contributed by atoms with Crippen molar-refractivity contribution in [3.63, 3.8) is 0 Å². The van der Waals surface area contributed by atoms with Gasteiger partial charge in [-0.25, -0.2) is 4.98 Å². The quantitative estimate of drug-likeness (QED) is 0.886. The second-order valence-electron chi connectivity index (χ2n) is 2.40. The summed E-state index contributed by atoms with van der Waals surface area (Å²) in [6.45, 7) is 0.691. The molecule has 2 heterocycles. The molecule has 0 aliphatic rings. The van der Waals surface area contributed by atoms with Gasteiger partial charge in [-0.3, -0.25) is 0 Å². The lowest BCUT2D eigenvalue weighted by Crippen LogP contribution is -1.96. The Morgan fingerprint density at radius 1 is 1.54 bits per heavy atom. The first kappa shape index (κ1) is 9.01. The molecule has 0 bridgehead atoms. The van der Waals surface area contributed by atoms with Crippen LogP contribution in [0, 0.1) is 3.77 Å². The lowest BCUT2D eigenvalue weighted by molar-refractivity contribution is 0.493. The minimum absolute atomic E-state index is 0.691. The van der Waals surface area contributed by atoms with Crippen LogP contribution in [-0.4, -0.2) is 4.98 Å². The van der Waals surface area contributed by atoms with Gasteiger partial charge in [0.1, 0.15) is 5.76 Å². The van der Waals surface area contributed by atoms with Crippen LogP contribution >= 0.6 is 33.9 Å². The summed E-state index contributed by atoms with van der Waals surface area (Å²) < 4.78 is 6.29. The topological polar surface area (TPSA) is 38.1 Å². The van der Waals surface area contributed by atoms with E-state index in [1.807, 2.05) is 17.5 Å². The highest BCUT2D eigenvalue weighted by atomic mass is 127. The molecule has 5 heteroatoms. The molecule has 2 aromatic heterocycles. The van der Waals surface area contributed by atoms with E-state index in [1.54, 1.807) is 17.5 Å². The Bertz CT molecular complexity index is 371. The van der Waals surface area contributed by atoms with Crippen LogP contribution in [0.2, 0.25) is 0 Å². The van der Waals surface area contributed by atoms with E-state index in [9.17, 15) is 0 Å². The molecule has 3 nitrogen and oxygen atoms in total. The Morgan fingerprint density at radius 2 is 2.46 bits per heavy atom. The van der Waals surface area contributed by atoms with Gasteiger partial charge in [-0.05, 0) is 34.7 Å². The molecule has 0 aliphatic heterocycles. The van der Waals surface area contributed by atoms with Crippen molar-refractivity contribution < 1.29 is 4.42 Å².